The first kappa shape index (κ1) is 18.4. The third-order valence-electron chi connectivity index (χ3n) is 6.65. The van der Waals surface area contributed by atoms with Crippen LogP contribution in [0.4, 0.5) is 0 Å². The molecule has 0 bridgehead atoms. The van der Waals surface area contributed by atoms with Crippen LogP contribution in [-0.4, -0.2) is 59.7 Å². The van der Waals surface area contributed by atoms with E-state index < -0.39 is 0 Å². The van der Waals surface area contributed by atoms with Crippen LogP contribution in [0, 0.1) is 5.92 Å². The van der Waals surface area contributed by atoms with Gasteiger partial charge >= 0.3 is 0 Å². The number of nitrogens with zero attached hydrogens (tertiary/aromatic N) is 3. The van der Waals surface area contributed by atoms with Crippen LogP contribution < -0.4 is 0 Å². The molecule has 144 valence electrons. The zero-order valence-electron chi connectivity index (χ0n) is 16.2. The fourth-order valence-corrected chi connectivity index (χ4v) is 5.16. The fraction of sp³-hybridized carbons (Fsp3) is 0.773. The molecule has 1 atom stereocenters. The van der Waals surface area contributed by atoms with Gasteiger partial charge in [-0.05, 0) is 75.2 Å². The maximum Gasteiger partial charge on any atom is 0.0702 e. The number of likely N-dealkylation sites (tertiary alicyclic amines) is 1. The molecule has 1 unspecified atom stereocenters. The van der Waals surface area contributed by atoms with Crippen molar-refractivity contribution in [3.05, 3.63) is 30.1 Å². The van der Waals surface area contributed by atoms with Crippen molar-refractivity contribution in [2.75, 3.05) is 32.8 Å². The average molecular weight is 358 g/mol. The zero-order valence-corrected chi connectivity index (χ0v) is 16.2. The number of rotatable bonds is 7. The summed E-state index contributed by atoms with van der Waals surface area (Å²) in [5, 5.41) is 0. The first-order valence-electron chi connectivity index (χ1n) is 10.8. The monoisotopic (exact) mass is 357 g/mol. The lowest BCUT2D eigenvalue weighted by Gasteiger charge is -2.38. The van der Waals surface area contributed by atoms with Crippen molar-refractivity contribution in [3.63, 3.8) is 0 Å². The number of hydrogen-bond donors (Lipinski definition) is 0. The van der Waals surface area contributed by atoms with Crippen LogP contribution in [0.3, 0.4) is 0 Å². The van der Waals surface area contributed by atoms with E-state index in [4.69, 9.17) is 4.74 Å². The summed E-state index contributed by atoms with van der Waals surface area (Å²) in [5.41, 5.74) is 1.38. The van der Waals surface area contributed by atoms with Gasteiger partial charge in [0, 0.05) is 44.7 Å². The summed E-state index contributed by atoms with van der Waals surface area (Å²) in [7, 11) is 0. The molecule has 3 fully saturated rings. The van der Waals surface area contributed by atoms with Crippen molar-refractivity contribution in [1.82, 2.24) is 14.8 Å². The van der Waals surface area contributed by atoms with E-state index in [-0.39, 0.29) is 0 Å². The Morgan fingerprint density at radius 2 is 1.73 bits per heavy atom. The minimum absolute atomic E-state index is 0.440. The van der Waals surface area contributed by atoms with Crippen molar-refractivity contribution >= 4 is 0 Å². The number of ether oxygens (including phenoxy) is 1. The van der Waals surface area contributed by atoms with Crippen molar-refractivity contribution < 1.29 is 4.74 Å². The van der Waals surface area contributed by atoms with Gasteiger partial charge in [-0.15, -0.1) is 0 Å². The van der Waals surface area contributed by atoms with Crippen LogP contribution in [0.2, 0.25) is 0 Å². The summed E-state index contributed by atoms with van der Waals surface area (Å²) in [6.07, 6.45) is 15.3. The first-order valence-corrected chi connectivity index (χ1v) is 10.8. The molecule has 3 aliphatic rings. The predicted octanol–water partition coefficient (Wildman–Crippen LogP) is 3.72. The van der Waals surface area contributed by atoms with Gasteiger partial charge in [0.15, 0.2) is 0 Å². The maximum absolute atomic E-state index is 5.93. The van der Waals surface area contributed by atoms with Gasteiger partial charge in [-0.1, -0.05) is 12.8 Å². The molecule has 0 N–H and O–H groups in total. The summed E-state index contributed by atoms with van der Waals surface area (Å²) >= 11 is 0. The molecular formula is C22H35N3O. The molecule has 2 aliphatic heterocycles. The minimum atomic E-state index is 0.440. The largest absolute Gasteiger partial charge is 0.377 e. The lowest BCUT2D eigenvalue weighted by molar-refractivity contribution is 0.0540. The lowest BCUT2D eigenvalue weighted by atomic mass is 9.94. The second-order valence-corrected chi connectivity index (χ2v) is 8.60. The van der Waals surface area contributed by atoms with E-state index in [2.05, 4.69) is 26.9 Å². The van der Waals surface area contributed by atoms with Crippen molar-refractivity contribution in [3.8, 4) is 0 Å². The van der Waals surface area contributed by atoms with Gasteiger partial charge in [0.2, 0.25) is 0 Å². The Bertz CT molecular complexity index is 517. The van der Waals surface area contributed by atoms with Gasteiger partial charge in [0.25, 0.3) is 0 Å². The van der Waals surface area contributed by atoms with E-state index >= 15 is 0 Å². The van der Waals surface area contributed by atoms with Gasteiger partial charge in [0.1, 0.15) is 0 Å². The van der Waals surface area contributed by atoms with Gasteiger partial charge in [0.05, 0.1) is 6.10 Å². The van der Waals surface area contributed by atoms with Crippen LogP contribution in [0.1, 0.15) is 56.9 Å². The molecule has 1 aromatic rings. The van der Waals surface area contributed by atoms with E-state index in [1.165, 1.54) is 76.6 Å². The summed E-state index contributed by atoms with van der Waals surface area (Å²) in [5.74, 6) is 0.843. The topological polar surface area (TPSA) is 28.6 Å². The zero-order chi connectivity index (χ0) is 17.6. The quantitative estimate of drug-likeness (QED) is 0.744. The summed E-state index contributed by atoms with van der Waals surface area (Å²) in [4.78, 5) is 9.61. The molecule has 4 rings (SSSR count). The van der Waals surface area contributed by atoms with E-state index in [0.29, 0.717) is 6.10 Å². The standard InChI is InChI=1S/C22H35N3O/c1-2-5-21(4-1)25-13-9-20(10-14-25)17-24(18-22-6-3-15-26-22)16-19-7-11-23-12-8-19/h7-8,11-12,20-22H,1-6,9-10,13-18H2. The van der Waals surface area contributed by atoms with Crippen LogP contribution in [-0.2, 0) is 11.3 Å². The molecule has 26 heavy (non-hydrogen) atoms. The van der Waals surface area contributed by atoms with Crippen LogP contribution in [0.15, 0.2) is 24.5 Å². The van der Waals surface area contributed by atoms with Gasteiger partial charge < -0.3 is 9.64 Å². The molecule has 1 aliphatic carbocycles. The molecule has 4 nitrogen and oxygen atoms in total. The minimum Gasteiger partial charge on any atom is -0.377 e. The lowest BCUT2D eigenvalue weighted by Crippen LogP contribution is -2.43. The third kappa shape index (κ3) is 5.05. The summed E-state index contributed by atoms with van der Waals surface area (Å²) < 4.78 is 5.93. The molecule has 3 heterocycles. The Hall–Kier alpha value is -0.970. The maximum atomic E-state index is 5.93. The Morgan fingerprint density at radius 3 is 2.42 bits per heavy atom. The highest BCUT2D eigenvalue weighted by Crippen LogP contribution is 2.28. The molecule has 4 heteroatoms. The molecule has 1 saturated carbocycles. The first-order chi connectivity index (χ1) is 12.9. The number of aromatic nitrogens is 1. The number of piperidine rings is 1. The third-order valence-corrected chi connectivity index (χ3v) is 6.65. The molecule has 0 amide bonds. The Morgan fingerprint density at radius 1 is 0.962 bits per heavy atom. The molecule has 1 aromatic heterocycles. The van der Waals surface area contributed by atoms with Crippen molar-refractivity contribution in [2.45, 2.75) is 70.1 Å². The van der Waals surface area contributed by atoms with Gasteiger partial charge in [-0.25, -0.2) is 0 Å². The van der Waals surface area contributed by atoms with Crippen molar-refractivity contribution in [2.24, 2.45) is 5.92 Å². The molecular weight excluding hydrogens is 322 g/mol. The second-order valence-electron chi connectivity index (χ2n) is 8.60. The average Bonchev–Trinajstić information content (AvgIpc) is 3.37. The normalized spacial score (nSPS) is 26.1. The molecule has 0 aromatic carbocycles. The van der Waals surface area contributed by atoms with Gasteiger partial charge in [-0.3, -0.25) is 9.88 Å². The number of pyridine rings is 1. The Labute approximate surface area is 158 Å². The summed E-state index contributed by atoms with van der Waals surface area (Å²) in [6, 6.07) is 5.21. The number of hydrogen-bond acceptors (Lipinski definition) is 4. The van der Waals surface area contributed by atoms with Crippen LogP contribution in [0.5, 0.6) is 0 Å². The smallest absolute Gasteiger partial charge is 0.0702 e. The Kier molecular flexibility index (Phi) is 6.58. The molecule has 2 saturated heterocycles. The summed E-state index contributed by atoms with van der Waals surface area (Å²) in [6.45, 7) is 6.93. The molecule has 0 spiro atoms. The second kappa shape index (κ2) is 9.29. The van der Waals surface area contributed by atoms with Crippen LogP contribution in [0.25, 0.3) is 0 Å². The molecule has 0 radical (unpaired) electrons. The highest BCUT2D eigenvalue weighted by Gasteiger charge is 2.28. The van der Waals surface area contributed by atoms with E-state index in [1.54, 1.807) is 0 Å². The van der Waals surface area contributed by atoms with E-state index in [0.717, 1.165) is 31.7 Å². The van der Waals surface area contributed by atoms with Crippen molar-refractivity contribution in [1.29, 1.82) is 0 Å². The SMILES string of the molecule is c1cc(CN(CC2CCN(C3CCCC3)CC2)CC2CCCO2)ccn1. The Balaban J connectivity index is 1.30. The van der Waals surface area contributed by atoms with Crippen LogP contribution >= 0.6 is 0 Å². The highest BCUT2D eigenvalue weighted by molar-refractivity contribution is 5.09. The van der Waals surface area contributed by atoms with E-state index in [9.17, 15) is 0 Å². The van der Waals surface area contributed by atoms with Gasteiger partial charge in [-0.2, -0.15) is 0 Å². The highest BCUT2D eigenvalue weighted by atomic mass is 16.5. The predicted molar refractivity (Wildman–Crippen MR) is 105 cm³/mol. The van der Waals surface area contributed by atoms with E-state index in [1.807, 2.05) is 12.4 Å². The fourth-order valence-electron chi connectivity index (χ4n) is 5.16.